The fourth-order valence-corrected chi connectivity index (χ4v) is 4.01. The van der Waals surface area contributed by atoms with Crippen molar-refractivity contribution in [2.75, 3.05) is 23.7 Å². The Labute approximate surface area is 204 Å². The van der Waals surface area contributed by atoms with Crippen molar-refractivity contribution in [1.82, 2.24) is 10.6 Å². The summed E-state index contributed by atoms with van der Waals surface area (Å²) in [6.07, 6.45) is 0.877. The molecule has 2 amide bonds. The molecule has 3 aromatic rings. The molecular formula is C27H27ClN4O2. The number of halogens is 1. The van der Waals surface area contributed by atoms with E-state index in [1.165, 1.54) is 6.92 Å². The highest BCUT2D eigenvalue weighted by atomic mass is 35.5. The van der Waals surface area contributed by atoms with E-state index in [1.54, 1.807) is 12.1 Å². The van der Waals surface area contributed by atoms with Gasteiger partial charge in [-0.25, -0.2) is 0 Å². The molecule has 6 nitrogen and oxygen atoms in total. The molecule has 1 aliphatic heterocycles. The van der Waals surface area contributed by atoms with Gasteiger partial charge in [0.15, 0.2) is 0 Å². The van der Waals surface area contributed by atoms with Gasteiger partial charge in [-0.15, -0.1) is 0 Å². The zero-order valence-corrected chi connectivity index (χ0v) is 19.7. The minimum atomic E-state index is -0.163. The third-order valence-electron chi connectivity index (χ3n) is 5.50. The summed E-state index contributed by atoms with van der Waals surface area (Å²) >= 11 is 6.13. The summed E-state index contributed by atoms with van der Waals surface area (Å²) in [7, 11) is 0. The van der Waals surface area contributed by atoms with Gasteiger partial charge < -0.3 is 21.3 Å². The lowest BCUT2D eigenvalue weighted by Crippen LogP contribution is -2.24. The van der Waals surface area contributed by atoms with Crippen molar-refractivity contribution in [3.8, 4) is 0 Å². The number of benzene rings is 3. The number of rotatable bonds is 9. The first-order valence-corrected chi connectivity index (χ1v) is 11.6. The quantitative estimate of drug-likeness (QED) is 0.263. The largest absolute Gasteiger partial charge is 0.356 e. The summed E-state index contributed by atoms with van der Waals surface area (Å²) in [5.74, 6) is -0.168. The van der Waals surface area contributed by atoms with Gasteiger partial charge in [-0.1, -0.05) is 60.1 Å². The molecule has 0 aromatic heterocycles. The van der Waals surface area contributed by atoms with Crippen LogP contribution in [-0.2, 0) is 16.1 Å². The maximum Gasteiger partial charge on any atom is 0.258 e. The standard InChI is InChI=1S/C27H27ClN4O2/c1-18(33)30-15-5-14-29-17-19-8-11-22(12-9-19)31-26(20-6-3-2-4-7-20)25-23-13-10-21(28)16-24(23)32-27(25)34/h2-4,6-13,16,29,31H,5,14-15,17H2,1H3,(H,30,33)(H,32,34)/b26-25-. The Balaban J connectivity index is 1.51. The monoisotopic (exact) mass is 474 g/mol. The molecule has 3 aromatic carbocycles. The Morgan fingerprint density at radius 2 is 1.74 bits per heavy atom. The molecular weight excluding hydrogens is 448 g/mol. The fraction of sp³-hybridized carbons (Fsp3) is 0.185. The molecule has 0 unspecified atom stereocenters. The van der Waals surface area contributed by atoms with Crippen LogP contribution in [0.5, 0.6) is 0 Å². The second-order valence-corrected chi connectivity index (χ2v) is 8.53. The number of fused-ring (bicyclic) bond motifs is 1. The Morgan fingerprint density at radius 3 is 2.47 bits per heavy atom. The van der Waals surface area contributed by atoms with Gasteiger partial charge in [0.1, 0.15) is 0 Å². The van der Waals surface area contributed by atoms with Crippen LogP contribution in [0.15, 0.2) is 72.8 Å². The zero-order valence-electron chi connectivity index (χ0n) is 19.0. The van der Waals surface area contributed by atoms with Gasteiger partial charge >= 0.3 is 0 Å². The first-order chi connectivity index (χ1) is 16.5. The highest BCUT2D eigenvalue weighted by molar-refractivity contribution is 6.38. The molecule has 0 aliphatic carbocycles. The molecule has 0 bridgehead atoms. The minimum absolute atomic E-state index is 0.00435. The van der Waals surface area contributed by atoms with Crippen molar-refractivity contribution >= 4 is 46.1 Å². The summed E-state index contributed by atoms with van der Waals surface area (Å²) in [6, 6.07) is 23.4. The van der Waals surface area contributed by atoms with Gasteiger partial charge in [-0.3, -0.25) is 9.59 Å². The van der Waals surface area contributed by atoms with E-state index in [9.17, 15) is 9.59 Å². The molecule has 34 heavy (non-hydrogen) atoms. The second-order valence-electron chi connectivity index (χ2n) is 8.10. The molecule has 0 radical (unpaired) electrons. The summed E-state index contributed by atoms with van der Waals surface area (Å²) < 4.78 is 0. The van der Waals surface area contributed by atoms with Crippen LogP contribution in [0.3, 0.4) is 0 Å². The van der Waals surface area contributed by atoms with Crippen LogP contribution in [0.2, 0.25) is 5.02 Å². The van der Waals surface area contributed by atoms with Crippen LogP contribution < -0.4 is 21.3 Å². The van der Waals surface area contributed by atoms with Crippen LogP contribution in [0.4, 0.5) is 11.4 Å². The third-order valence-corrected chi connectivity index (χ3v) is 5.73. The summed E-state index contributed by atoms with van der Waals surface area (Å²) in [6.45, 7) is 3.76. The average molecular weight is 475 g/mol. The van der Waals surface area contributed by atoms with Gasteiger partial charge in [0.05, 0.1) is 17.0 Å². The van der Waals surface area contributed by atoms with E-state index in [4.69, 9.17) is 11.6 Å². The van der Waals surface area contributed by atoms with E-state index >= 15 is 0 Å². The third kappa shape index (κ3) is 5.84. The lowest BCUT2D eigenvalue weighted by Gasteiger charge is -2.15. The number of hydrogen-bond acceptors (Lipinski definition) is 4. The molecule has 0 atom stereocenters. The van der Waals surface area contributed by atoms with Crippen molar-refractivity contribution in [1.29, 1.82) is 0 Å². The van der Waals surface area contributed by atoms with E-state index in [0.29, 0.717) is 22.8 Å². The van der Waals surface area contributed by atoms with Crippen LogP contribution in [0.1, 0.15) is 30.0 Å². The number of amides is 2. The molecule has 4 N–H and O–H groups in total. The second kappa shape index (κ2) is 11.0. The Hall–Kier alpha value is -3.61. The number of hydrogen-bond donors (Lipinski definition) is 4. The average Bonchev–Trinajstić information content (AvgIpc) is 3.15. The summed E-state index contributed by atoms with van der Waals surface area (Å²) in [5.41, 5.74) is 5.81. The van der Waals surface area contributed by atoms with Crippen molar-refractivity contribution in [3.05, 3.63) is 94.5 Å². The Kier molecular flexibility index (Phi) is 7.62. The van der Waals surface area contributed by atoms with E-state index in [-0.39, 0.29) is 11.8 Å². The normalized spacial score (nSPS) is 13.8. The SMILES string of the molecule is CC(=O)NCCCNCc1ccc(N/C(=C2\C(=O)Nc3cc(Cl)ccc32)c2ccccc2)cc1. The first-order valence-electron chi connectivity index (χ1n) is 11.2. The molecule has 4 rings (SSSR count). The van der Waals surface area contributed by atoms with Crippen molar-refractivity contribution < 1.29 is 9.59 Å². The maximum atomic E-state index is 12.9. The Bertz CT molecular complexity index is 1210. The van der Waals surface area contributed by atoms with E-state index < -0.39 is 0 Å². The van der Waals surface area contributed by atoms with Gasteiger partial charge in [0.2, 0.25) is 5.91 Å². The molecule has 1 heterocycles. The zero-order chi connectivity index (χ0) is 23.9. The van der Waals surface area contributed by atoms with Crippen molar-refractivity contribution in [2.24, 2.45) is 0 Å². The Morgan fingerprint density at radius 1 is 0.971 bits per heavy atom. The van der Waals surface area contributed by atoms with E-state index in [0.717, 1.165) is 47.6 Å². The van der Waals surface area contributed by atoms with Gasteiger partial charge in [0.25, 0.3) is 5.91 Å². The van der Waals surface area contributed by atoms with E-state index in [1.807, 2.05) is 48.5 Å². The topological polar surface area (TPSA) is 82.3 Å². The van der Waals surface area contributed by atoms with Crippen molar-refractivity contribution in [2.45, 2.75) is 19.9 Å². The number of anilines is 2. The highest BCUT2D eigenvalue weighted by Crippen LogP contribution is 2.38. The predicted octanol–water partition coefficient (Wildman–Crippen LogP) is 4.89. The molecule has 7 heteroatoms. The van der Waals surface area contributed by atoms with Crippen LogP contribution in [-0.4, -0.2) is 24.9 Å². The lowest BCUT2D eigenvalue weighted by molar-refractivity contribution is -0.119. The summed E-state index contributed by atoms with van der Waals surface area (Å²) in [4.78, 5) is 23.9. The molecule has 0 saturated heterocycles. The molecule has 1 aliphatic rings. The maximum absolute atomic E-state index is 12.9. The smallest absolute Gasteiger partial charge is 0.258 e. The molecule has 0 spiro atoms. The molecule has 174 valence electrons. The number of carbonyl (C=O) groups is 2. The minimum Gasteiger partial charge on any atom is -0.356 e. The predicted molar refractivity (Wildman–Crippen MR) is 138 cm³/mol. The lowest BCUT2D eigenvalue weighted by atomic mass is 10.00. The fourth-order valence-electron chi connectivity index (χ4n) is 3.84. The van der Waals surface area contributed by atoms with Gasteiger partial charge in [-0.05, 0) is 48.4 Å². The molecule has 0 fully saturated rings. The van der Waals surface area contributed by atoms with Crippen LogP contribution in [0.25, 0.3) is 11.3 Å². The molecule has 0 saturated carbocycles. The summed E-state index contributed by atoms with van der Waals surface area (Å²) in [5, 5.41) is 13.1. The van der Waals surface area contributed by atoms with E-state index in [2.05, 4.69) is 33.4 Å². The van der Waals surface area contributed by atoms with Crippen LogP contribution in [0, 0.1) is 0 Å². The number of nitrogens with one attached hydrogen (secondary N) is 4. The first kappa shape index (κ1) is 23.5. The van der Waals surface area contributed by atoms with Gasteiger partial charge in [-0.2, -0.15) is 0 Å². The number of carbonyl (C=O) groups excluding carboxylic acids is 2. The van der Waals surface area contributed by atoms with Crippen LogP contribution >= 0.6 is 11.6 Å². The van der Waals surface area contributed by atoms with Crippen molar-refractivity contribution in [3.63, 3.8) is 0 Å². The highest BCUT2D eigenvalue weighted by Gasteiger charge is 2.28. The van der Waals surface area contributed by atoms with Gasteiger partial charge in [0, 0.05) is 36.3 Å².